The van der Waals surface area contributed by atoms with Gasteiger partial charge in [-0.05, 0) is 0 Å². The van der Waals surface area contributed by atoms with Crippen molar-refractivity contribution in [3.05, 3.63) is 11.8 Å². The topological polar surface area (TPSA) is 15.3 Å². The second kappa shape index (κ2) is 2.16. The van der Waals surface area contributed by atoms with Crippen LogP contribution >= 0.6 is 0 Å². The Morgan fingerprint density at radius 3 is 2.40 bits per heavy atom. The molecule has 1 rings (SSSR count). The molecule has 0 atom stereocenters. The molecule has 1 N–H and O–H groups in total. The first-order valence-electron chi connectivity index (χ1n) is 2.66. The third-order valence-corrected chi connectivity index (χ3v) is 1.08. The normalized spacial score (nSPS) is 20.6. The number of rotatable bonds is 0. The summed E-state index contributed by atoms with van der Waals surface area (Å²) < 4.78 is 35.2. The lowest BCUT2D eigenvalue weighted by Gasteiger charge is -2.12. The number of hydrazine groups is 1. The summed E-state index contributed by atoms with van der Waals surface area (Å²) in [5, 5.41) is 1.31. The molecule has 1 aliphatic rings. The zero-order valence-corrected chi connectivity index (χ0v) is 5.29. The van der Waals surface area contributed by atoms with Gasteiger partial charge < -0.3 is 5.43 Å². The van der Waals surface area contributed by atoms with Crippen molar-refractivity contribution in [2.24, 2.45) is 0 Å². The first kappa shape index (κ1) is 7.40. The van der Waals surface area contributed by atoms with Crippen LogP contribution in [0.3, 0.4) is 0 Å². The van der Waals surface area contributed by atoms with Gasteiger partial charge in [0.05, 0.1) is 0 Å². The largest absolute Gasteiger partial charge is 0.432 e. The highest BCUT2D eigenvalue weighted by molar-refractivity contribution is 5.05. The SMILES string of the molecule is CN1C[C]=C(C(F)(F)F)N1. The smallest absolute Gasteiger partial charge is 0.314 e. The van der Waals surface area contributed by atoms with Crippen molar-refractivity contribution in [1.82, 2.24) is 10.4 Å². The molecule has 2 nitrogen and oxygen atoms in total. The first-order chi connectivity index (χ1) is 4.50. The molecule has 0 unspecified atom stereocenters. The quantitative estimate of drug-likeness (QED) is 0.547. The minimum Gasteiger partial charge on any atom is -0.314 e. The van der Waals surface area contributed by atoms with Crippen LogP contribution in [0.4, 0.5) is 13.2 Å². The molecule has 1 aliphatic heterocycles. The fourth-order valence-electron chi connectivity index (χ4n) is 0.631. The van der Waals surface area contributed by atoms with Crippen LogP contribution in [0.1, 0.15) is 0 Å². The molecule has 0 amide bonds. The lowest BCUT2D eigenvalue weighted by Crippen LogP contribution is -2.32. The van der Waals surface area contributed by atoms with Gasteiger partial charge in [-0.3, -0.25) is 0 Å². The van der Waals surface area contributed by atoms with Crippen LogP contribution in [-0.4, -0.2) is 24.8 Å². The summed E-state index contributed by atoms with van der Waals surface area (Å²) in [6, 6.07) is 0. The van der Waals surface area contributed by atoms with Crippen LogP contribution in [0, 0.1) is 6.08 Å². The number of hydrogen-bond acceptors (Lipinski definition) is 2. The molecule has 0 aromatic carbocycles. The number of alkyl halides is 3. The average molecular weight is 151 g/mol. The summed E-state index contributed by atoms with van der Waals surface area (Å²) in [7, 11) is 1.52. The Morgan fingerprint density at radius 1 is 1.60 bits per heavy atom. The molecule has 10 heavy (non-hydrogen) atoms. The maximum absolute atomic E-state index is 11.7. The van der Waals surface area contributed by atoms with Crippen LogP contribution < -0.4 is 5.43 Å². The molecular weight excluding hydrogens is 145 g/mol. The van der Waals surface area contributed by atoms with E-state index in [0.717, 1.165) is 0 Å². The number of allylic oxidation sites excluding steroid dienone is 1. The van der Waals surface area contributed by atoms with Gasteiger partial charge in [0.2, 0.25) is 0 Å². The highest BCUT2D eigenvalue weighted by atomic mass is 19.4. The second-order valence-corrected chi connectivity index (χ2v) is 2.02. The second-order valence-electron chi connectivity index (χ2n) is 2.02. The zero-order chi connectivity index (χ0) is 7.78. The fraction of sp³-hybridized carbons (Fsp3) is 0.600. The molecule has 5 heteroatoms. The van der Waals surface area contributed by atoms with Gasteiger partial charge in [0.1, 0.15) is 5.70 Å². The average Bonchev–Trinajstić information content (AvgIpc) is 2.11. The van der Waals surface area contributed by atoms with Crippen LogP contribution in [0.2, 0.25) is 0 Å². The highest BCUT2D eigenvalue weighted by Gasteiger charge is 2.36. The molecule has 0 aromatic rings. The summed E-state index contributed by atoms with van der Waals surface area (Å²) >= 11 is 0. The summed E-state index contributed by atoms with van der Waals surface area (Å²) in [6.45, 7) is 0.175. The number of hydrogen-bond donors (Lipinski definition) is 1. The van der Waals surface area contributed by atoms with E-state index >= 15 is 0 Å². The number of nitrogens with one attached hydrogen (secondary N) is 1. The minimum atomic E-state index is -4.29. The maximum Gasteiger partial charge on any atom is 0.432 e. The molecule has 1 heterocycles. The van der Waals surface area contributed by atoms with Gasteiger partial charge in [-0.1, -0.05) is 0 Å². The van der Waals surface area contributed by atoms with E-state index in [2.05, 4.69) is 11.5 Å². The lowest BCUT2D eigenvalue weighted by atomic mass is 10.4. The maximum atomic E-state index is 11.7. The van der Waals surface area contributed by atoms with E-state index in [0.29, 0.717) is 0 Å². The number of likely N-dealkylation sites (N-methyl/N-ethyl adjacent to an activating group) is 1. The molecule has 0 spiro atoms. The van der Waals surface area contributed by atoms with Crippen LogP contribution in [-0.2, 0) is 0 Å². The number of halogens is 3. The van der Waals surface area contributed by atoms with Gasteiger partial charge in [0.15, 0.2) is 0 Å². The van der Waals surface area contributed by atoms with Crippen molar-refractivity contribution in [3.8, 4) is 0 Å². The highest BCUT2D eigenvalue weighted by Crippen LogP contribution is 2.24. The summed E-state index contributed by atoms with van der Waals surface area (Å²) in [5.41, 5.74) is 1.31. The predicted molar refractivity (Wildman–Crippen MR) is 28.6 cm³/mol. The lowest BCUT2D eigenvalue weighted by molar-refractivity contribution is -0.0999. The van der Waals surface area contributed by atoms with E-state index in [4.69, 9.17) is 0 Å². The van der Waals surface area contributed by atoms with E-state index in [9.17, 15) is 13.2 Å². The van der Waals surface area contributed by atoms with E-state index in [1.807, 2.05) is 0 Å². The summed E-state index contributed by atoms with van der Waals surface area (Å²) in [5.74, 6) is 0. The van der Waals surface area contributed by atoms with Gasteiger partial charge in [0, 0.05) is 19.7 Å². The summed E-state index contributed by atoms with van der Waals surface area (Å²) in [4.78, 5) is 0. The molecule has 0 bridgehead atoms. The van der Waals surface area contributed by atoms with Gasteiger partial charge in [-0.25, -0.2) is 5.01 Å². The van der Waals surface area contributed by atoms with Crippen molar-refractivity contribution in [1.29, 1.82) is 0 Å². The van der Waals surface area contributed by atoms with Gasteiger partial charge in [-0.15, -0.1) is 0 Å². The van der Waals surface area contributed by atoms with E-state index in [-0.39, 0.29) is 6.54 Å². The standard InChI is InChI=1S/C5H6F3N2/c1-10-3-2-4(9-10)5(6,7)8/h9H,3H2,1H3. The Labute approximate surface area is 56.3 Å². The van der Waals surface area contributed by atoms with E-state index in [1.54, 1.807) is 0 Å². The van der Waals surface area contributed by atoms with Gasteiger partial charge >= 0.3 is 6.18 Å². The van der Waals surface area contributed by atoms with Crippen LogP contribution in [0.25, 0.3) is 0 Å². The predicted octanol–water partition coefficient (Wildman–Crippen LogP) is 0.686. The molecule has 0 aliphatic carbocycles. The Bertz CT molecular complexity index is 161. The molecule has 0 aromatic heterocycles. The fourth-order valence-corrected chi connectivity index (χ4v) is 0.631. The molecule has 0 fully saturated rings. The first-order valence-corrected chi connectivity index (χ1v) is 2.66. The molecule has 0 saturated heterocycles. The van der Waals surface area contributed by atoms with Crippen LogP contribution in [0.5, 0.6) is 0 Å². The van der Waals surface area contributed by atoms with Crippen molar-refractivity contribution >= 4 is 0 Å². The Hall–Kier alpha value is -0.710. The Balaban J connectivity index is 2.60. The monoisotopic (exact) mass is 151 g/mol. The van der Waals surface area contributed by atoms with Crippen molar-refractivity contribution in [2.45, 2.75) is 6.18 Å². The molecule has 1 radical (unpaired) electrons. The van der Waals surface area contributed by atoms with Crippen molar-refractivity contribution in [2.75, 3.05) is 13.6 Å². The third kappa shape index (κ3) is 1.41. The van der Waals surface area contributed by atoms with E-state index < -0.39 is 11.9 Å². The van der Waals surface area contributed by atoms with Gasteiger partial charge in [0.25, 0.3) is 0 Å². The Kier molecular flexibility index (Phi) is 1.60. The van der Waals surface area contributed by atoms with Crippen molar-refractivity contribution < 1.29 is 13.2 Å². The Morgan fingerprint density at radius 2 is 2.20 bits per heavy atom. The summed E-state index contributed by atoms with van der Waals surface area (Å²) in [6.07, 6.45) is -2.13. The van der Waals surface area contributed by atoms with Crippen molar-refractivity contribution in [3.63, 3.8) is 0 Å². The molecule has 57 valence electrons. The van der Waals surface area contributed by atoms with E-state index in [1.165, 1.54) is 12.1 Å². The number of nitrogens with zero attached hydrogens (tertiary/aromatic N) is 1. The van der Waals surface area contributed by atoms with Gasteiger partial charge in [-0.2, -0.15) is 13.2 Å². The zero-order valence-electron chi connectivity index (χ0n) is 5.29. The third-order valence-electron chi connectivity index (χ3n) is 1.08. The molecule has 0 saturated carbocycles. The minimum absolute atomic E-state index is 0.175. The van der Waals surface area contributed by atoms with Crippen LogP contribution in [0.15, 0.2) is 5.70 Å². The molecular formula is C5H6F3N2.